The zero-order chi connectivity index (χ0) is 18.6. The molecule has 0 fully saturated rings. The lowest BCUT2D eigenvalue weighted by atomic mass is 10.2. The SMILES string of the molecule is CC(OC(=O)c1cccc(Cl)c1Cl)C(=O)Nc1ccc([N+](=O)[O-])cc1. The number of nitrogens with zero attached hydrogens (tertiary/aromatic N) is 1. The van der Waals surface area contributed by atoms with Crippen molar-refractivity contribution in [2.75, 3.05) is 5.32 Å². The van der Waals surface area contributed by atoms with E-state index in [1.807, 2.05) is 0 Å². The molecular formula is C16H12Cl2N2O5. The van der Waals surface area contributed by atoms with E-state index in [1.54, 1.807) is 0 Å². The van der Waals surface area contributed by atoms with E-state index in [0.29, 0.717) is 5.69 Å². The van der Waals surface area contributed by atoms with Gasteiger partial charge in [0.15, 0.2) is 6.10 Å². The molecule has 2 aromatic carbocycles. The van der Waals surface area contributed by atoms with Crippen LogP contribution in [-0.2, 0) is 9.53 Å². The minimum Gasteiger partial charge on any atom is -0.449 e. The zero-order valence-corrected chi connectivity index (χ0v) is 14.4. The number of nitro benzene ring substituents is 1. The van der Waals surface area contributed by atoms with E-state index in [9.17, 15) is 19.7 Å². The molecule has 2 rings (SSSR count). The van der Waals surface area contributed by atoms with Crippen LogP contribution in [0.5, 0.6) is 0 Å². The average Bonchev–Trinajstić information content (AvgIpc) is 2.57. The number of amides is 1. The molecule has 130 valence electrons. The van der Waals surface area contributed by atoms with Gasteiger partial charge >= 0.3 is 5.97 Å². The lowest BCUT2D eigenvalue weighted by Crippen LogP contribution is -2.30. The van der Waals surface area contributed by atoms with Crippen LogP contribution in [-0.4, -0.2) is 22.9 Å². The monoisotopic (exact) mass is 382 g/mol. The molecule has 1 N–H and O–H groups in total. The highest BCUT2D eigenvalue weighted by atomic mass is 35.5. The topological polar surface area (TPSA) is 98.5 Å². The summed E-state index contributed by atoms with van der Waals surface area (Å²) >= 11 is 11.8. The molecule has 25 heavy (non-hydrogen) atoms. The second kappa shape index (κ2) is 7.96. The fourth-order valence-electron chi connectivity index (χ4n) is 1.85. The van der Waals surface area contributed by atoms with Gasteiger partial charge in [-0.05, 0) is 31.2 Å². The molecular weight excluding hydrogens is 371 g/mol. The first kappa shape index (κ1) is 18.7. The third-order valence-corrected chi connectivity index (χ3v) is 3.99. The summed E-state index contributed by atoms with van der Waals surface area (Å²) in [6.45, 7) is 1.39. The van der Waals surface area contributed by atoms with Crippen LogP contribution in [0.1, 0.15) is 17.3 Å². The fraction of sp³-hybridized carbons (Fsp3) is 0.125. The van der Waals surface area contributed by atoms with E-state index >= 15 is 0 Å². The summed E-state index contributed by atoms with van der Waals surface area (Å²) in [4.78, 5) is 34.2. The van der Waals surface area contributed by atoms with Crippen LogP contribution in [0.15, 0.2) is 42.5 Å². The van der Waals surface area contributed by atoms with Crippen molar-refractivity contribution in [1.29, 1.82) is 0 Å². The highest BCUT2D eigenvalue weighted by Crippen LogP contribution is 2.26. The molecule has 0 aliphatic carbocycles. The van der Waals surface area contributed by atoms with E-state index in [-0.39, 0.29) is 21.3 Å². The van der Waals surface area contributed by atoms with Crippen LogP contribution in [0.2, 0.25) is 10.0 Å². The summed E-state index contributed by atoms with van der Waals surface area (Å²) in [6.07, 6.45) is -1.11. The molecule has 1 amide bonds. The van der Waals surface area contributed by atoms with E-state index in [4.69, 9.17) is 27.9 Å². The summed E-state index contributed by atoms with van der Waals surface area (Å²) in [5.74, 6) is -1.39. The van der Waals surface area contributed by atoms with E-state index in [2.05, 4.69) is 5.32 Å². The predicted molar refractivity (Wildman–Crippen MR) is 93.1 cm³/mol. The molecule has 0 aliphatic rings. The number of rotatable bonds is 5. The Kier molecular flexibility index (Phi) is 5.95. The molecule has 0 aromatic heterocycles. The second-order valence-electron chi connectivity index (χ2n) is 4.94. The average molecular weight is 383 g/mol. The van der Waals surface area contributed by atoms with Crippen molar-refractivity contribution < 1.29 is 19.2 Å². The summed E-state index contributed by atoms with van der Waals surface area (Å²) in [5, 5.41) is 13.3. The number of anilines is 1. The van der Waals surface area contributed by atoms with Gasteiger partial charge in [0.05, 0.1) is 20.5 Å². The minimum absolute atomic E-state index is 0.0390. The van der Waals surface area contributed by atoms with Crippen LogP contribution in [0, 0.1) is 10.1 Å². The van der Waals surface area contributed by atoms with E-state index < -0.39 is 22.9 Å². The van der Waals surface area contributed by atoms with Crippen LogP contribution < -0.4 is 5.32 Å². The smallest absolute Gasteiger partial charge is 0.340 e. The number of esters is 1. The largest absolute Gasteiger partial charge is 0.449 e. The maximum Gasteiger partial charge on any atom is 0.340 e. The van der Waals surface area contributed by atoms with Gasteiger partial charge in [0, 0.05) is 17.8 Å². The molecule has 1 atom stereocenters. The predicted octanol–water partition coefficient (Wildman–Crippen LogP) is 4.09. The fourth-order valence-corrected chi connectivity index (χ4v) is 2.23. The van der Waals surface area contributed by atoms with Crippen molar-refractivity contribution in [1.82, 2.24) is 0 Å². The van der Waals surface area contributed by atoms with Crippen molar-refractivity contribution in [2.24, 2.45) is 0 Å². The van der Waals surface area contributed by atoms with Crippen LogP contribution in [0.4, 0.5) is 11.4 Å². The minimum atomic E-state index is -1.11. The van der Waals surface area contributed by atoms with Gasteiger partial charge in [-0.2, -0.15) is 0 Å². The Morgan fingerprint density at radius 3 is 2.40 bits per heavy atom. The highest BCUT2D eigenvalue weighted by Gasteiger charge is 2.21. The standard InChI is InChI=1S/C16H12Cl2N2O5/c1-9(25-16(22)12-3-2-4-13(17)14(12)18)15(21)19-10-5-7-11(8-6-10)20(23)24/h2-9H,1H3,(H,19,21). The molecule has 2 aromatic rings. The maximum atomic E-state index is 12.1. The number of hydrogen-bond donors (Lipinski definition) is 1. The van der Waals surface area contributed by atoms with Gasteiger partial charge in [-0.1, -0.05) is 29.3 Å². The van der Waals surface area contributed by atoms with Crippen LogP contribution >= 0.6 is 23.2 Å². The van der Waals surface area contributed by atoms with Gasteiger partial charge in [0.1, 0.15) is 0 Å². The summed E-state index contributed by atoms with van der Waals surface area (Å²) in [7, 11) is 0. The molecule has 1 unspecified atom stereocenters. The third-order valence-electron chi connectivity index (χ3n) is 3.17. The molecule has 7 nitrogen and oxygen atoms in total. The molecule has 0 heterocycles. The molecule has 0 saturated heterocycles. The lowest BCUT2D eigenvalue weighted by molar-refractivity contribution is -0.384. The number of hydrogen-bond acceptors (Lipinski definition) is 5. The number of nitro groups is 1. The van der Waals surface area contributed by atoms with Crippen LogP contribution in [0.25, 0.3) is 0 Å². The quantitative estimate of drug-likeness (QED) is 0.477. The first-order valence-corrected chi connectivity index (χ1v) is 7.75. The Morgan fingerprint density at radius 1 is 1.16 bits per heavy atom. The Balaban J connectivity index is 2.01. The van der Waals surface area contributed by atoms with Gasteiger partial charge < -0.3 is 10.1 Å². The molecule has 0 radical (unpaired) electrons. The lowest BCUT2D eigenvalue weighted by Gasteiger charge is -2.14. The number of ether oxygens (including phenoxy) is 1. The summed E-state index contributed by atoms with van der Waals surface area (Å²) in [6, 6.07) is 9.72. The third kappa shape index (κ3) is 4.68. The zero-order valence-electron chi connectivity index (χ0n) is 12.9. The van der Waals surface area contributed by atoms with Crippen molar-refractivity contribution in [3.63, 3.8) is 0 Å². The van der Waals surface area contributed by atoms with Gasteiger partial charge in [-0.15, -0.1) is 0 Å². The van der Waals surface area contributed by atoms with Crippen LogP contribution in [0.3, 0.4) is 0 Å². The summed E-state index contributed by atoms with van der Waals surface area (Å²) < 4.78 is 5.07. The van der Waals surface area contributed by atoms with Crippen molar-refractivity contribution >= 4 is 46.5 Å². The first-order valence-electron chi connectivity index (χ1n) is 7.00. The first-order chi connectivity index (χ1) is 11.8. The second-order valence-corrected chi connectivity index (χ2v) is 5.73. The van der Waals surface area contributed by atoms with Gasteiger partial charge in [0.2, 0.25) is 0 Å². The molecule has 0 aliphatic heterocycles. The molecule has 0 bridgehead atoms. The number of carbonyl (C=O) groups excluding carboxylic acids is 2. The Morgan fingerprint density at radius 2 is 1.80 bits per heavy atom. The van der Waals surface area contributed by atoms with Crippen molar-refractivity contribution in [2.45, 2.75) is 13.0 Å². The van der Waals surface area contributed by atoms with Gasteiger partial charge in [-0.25, -0.2) is 4.79 Å². The molecule has 9 heteroatoms. The Labute approximate surface area is 152 Å². The van der Waals surface area contributed by atoms with Crippen molar-refractivity contribution in [3.8, 4) is 0 Å². The normalized spacial score (nSPS) is 11.5. The molecule has 0 spiro atoms. The maximum absolute atomic E-state index is 12.1. The summed E-state index contributed by atoms with van der Waals surface area (Å²) in [5.41, 5.74) is 0.275. The van der Waals surface area contributed by atoms with E-state index in [1.165, 1.54) is 49.4 Å². The van der Waals surface area contributed by atoms with Gasteiger partial charge in [-0.3, -0.25) is 14.9 Å². The number of halogens is 2. The van der Waals surface area contributed by atoms with E-state index in [0.717, 1.165) is 0 Å². The van der Waals surface area contributed by atoms with Crippen molar-refractivity contribution in [3.05, 3.63) is 68.2 Å². The van der Waals surface area contributed by atoms with Gasteiger partial charge in [0.25, 0.3) is 11.6 Å². The molecule has 0 saturated carbocycles. The Bertz CT molecular complexity index is 824. The number of nitrogens with one attached hydrogen (secondary N) is 1. The number of benzene rings is 2. The highest BCUT2D eigenvalue weighted by molar-refractivity contribution is 6.43. The number of non-ortho nitro benzene ring substituents is 1. The Hall–Kier alpha value is -2.64. The number of carbonyl (C=O) groups is 2.